The minimum absolute atomic E-state index is 0.119. The van der Waals surface area contributed by atoms with E-state index in [-0.39, 0.29) is 6.54 Å². The van der Waals surface area contributed by atoms with Crippen molar-refractivity contribution in [3.8, 4) is 0 Å². The minimum Gasteiger partial charge on any atom is -0.281 e. The number of ketones is 1. The summed E-state index contributed by atoms with van der Waals surface area (Å²) in [4.78, 5) is 20.4. The summed E-state index contributed by atoms with van der Waals surface area (Å²) in [5.74, 6) is -1.22. The molecule has 1 aliphatic rings. The van der Waals surface area contributed by atoms with Crippen molar-refractivity contribution in [1.29, 1.82) is 0 Å². The molecule has 41 valence electrons. The van der Waals surface area contributed by atoms with Crippen molar-refractivity contribution >= 4 is 11.7 Å². The first-order chi connectivity index (χ1) is 3.80. The molecule has 0 spiro atoms. The Labute approximate surface area is 44.8 Å². The maximum atomic E-state index is 10.2. The average molecular weight is 113 g/mol. The summed E-state index contributed by atoms with van der Waals surface area (Å²) in [6.07, 6.45) is 0. The SMILES string of the molecule is O=C1C[N+]=NNC1=O. The minimum atomic E-state index is -0.681. The molecule has 0 aromatic heterocycles. The highest BCUT2D eigenvalue weighted by Gasteiger charge is 2.23. The van der Waals surface area contributed by atoms with Crippen LogP contribution in [0.3, 0.4) is 0 Å². The van der Waals surface area contributed by atoms with Gasteiger partial charge in [-0.15, -0.1) is 5.43 Å². The number of nitrogens with one attached hydrogen (secondary N) is 1. The average Bonchev–Trinajstić information content (AvgIpc) is 1.77. The summed E-state index contributed by atoms with van der Waals surface area (Å²) in [5, 5.41) is 6.37. The molecule has 0 saturated carbocycles. The fraction of sp³-hybridized carbons (Fsp3) is 0.333. The fourth-order valence-electron chi connectivity index (χ4n) is 0.314. The van der Waals surface area contributed by atoms with Crippen LogP contribution in [-0.2, 0) is 9.59 Å². The Morgan fingerprint density at radius 3 is 2.75 bits per heavy atom. The predicted molar refractivity (Wildman–Crippen MR) is 22.6 cm³/mol. The Hall–Kier alpha value is -1.26. The number of rotatable bonds is 0. The maximum absolute atomic E-state index is 10.2. The van der Waals surface area contributed by atoms with Gasteiger partial charge < -0.3 is 0 Å². The molecule has 0 aromatic rings. The zero-order valence-electron chi connectivity index (χ0n) is 3.92. The van der Waals surface area contributed by atoms with E-state index in [1.807, 2.05) is 5.43 Å². The first kappa shape index (κ1) is 4.89. The van der Waals surface area contributed by atoms with Crippen LogP contribution in [0.25, 0.3) is 0 Å². The van der Waals surface area contributed by atoms with Crippen molar-refractivity contribution in [3.05, 3.63) is 0 Å². The normalized spacial score (nSPS) is 18.5. The Morgan fingerprint density at radius 2 is 2.38 bits per heavy atom. The van der Waals surface area contributed by atoms with E-state index < -0.39 is 11.7 Å². The topological polar surface area (TPSA) is 72.6 Å². The molecule has 1 N–H and O–H groups in total. The van der Waals surface area contributed by atoms with Crippen molar-refractivity contribution in [2.45, 2.75) is 0 Å². The summed E-state index contributed by atoms with van der Waals surface area (Å²) in [6.45, 7) is -0.119. The third-order valence-electron chi connectivity index (χ3n) is 0.690. The second kappa shape index (κ2) is 1.69. The van der Waals surface area contributed by atoms with Gasteiger partial charge >= 0.3 is 5.91 Å². The molecule has 1 rings (SSSR count). The van der Waals surface area contributed by atoms with Crippen LogP contribution in [0.15, 0.2) is 5.22 Å². The maximum Gasteiger partial charge on any atom is 0.399 e. The number of hydrogen-bond donors (Lipinski definition) is 1. The van der Waals surface area contributed by atoms with Crippen LogP contribution in [-0.4, -0.2) is 18.2 Å². The van der Waals surface area contributed by atoms with Gasteiger partial charge in [0.2, 0.25) is 6.54 Å². The number of Topliss-reactive ketones (excluding diaryl/α,β-unsaturated/α-hetero) is 1. The molecule has 1 aliphatic heterocycles. The standard InChI is InChI=1S/C3H3N3O2/c7-2-1-4-6-5-3(2)8/h1H2,(H,5,8)/q+1. The molecule has 0 fully saturated rings. The zero-order valence-corrected chi connectivity index (χ0v) is 3.92. The molecule has 0 saturated heterocycles. The van der Waals surface area contributed by atoms with Crippen LogP contribution < -0.4 is 10.5 Å². The summed E-state index contributed by atoms with van der Waals surface area (Å²) < 4.78 is 0. The molecule has 0 aromatic carbocycles. The van der Waals surface area contributed by atoms with E-state index in [1.54, 1.807) is 0 Å². The van der Waals surface area contributed by atoms with E-state index in [9.17, 15) is 9.59 Å². The molecule has 0 bridgehead atoms. The van der Waals surface area contributed by atoms with E-state index >= 15 is 0 Å². The van der Waals surface area contributed by atoms with Crippen LogP contribution in [0.5, 0.6) is 0 Å². The first-order valence-corrected chi connectivity index (χ1v) is 2.00. The summed E-state index contributed by atoms with van der Waals surface area (Å²) in [5.41, 5.74) is 1.90. The van der Waals surface area contributed by atoms with Crippen LogP contribution in [0.1, 0.15) is 0 Å². The number of carbonyl (C=O) groups excluding carboxylic acids is 2. The lowest BCUT2D eigenvalue weighted by Crippen LogP contribution is -2.35. The van der Waals surface area contributed by atoms with Gasteiger partial charge in [-0.2, -0.15) is 0 Å². The van der Waals surface area contributed by atoms with Crippen LogP contribution in [0.4, 0.5) is 0 Å². The highest BCUT2D eigenvalue weighted by atomic mass is 16.2. The number of amides is 1. The summed E-state index contributed by atoms with van der Waals surface area (Å²) in [7, 11) is 0. The van der Waals surface area contributed by atoms with Gasteiger partial charge in [0.25, 0.3) is 5.78 Å². The molecule has 1 heterocycles. The van der Waals surface area contributed by atoms with Crippen molar-refractivity contribution < 1.29 is 9.59 Å². The quantitative estimate of drug-likeness (QED) is 0.384. The van der Waals surface area contributed by atoms with Gasteiger partial charge in [0.05, 0.1) is 0 Å². The third-order valence-corrected chi connectivity index (χ3v) is 0.690. The van der Waals surface area contributed by atoms with Crippen LogP contribution in [0, 0.1) is 0 Å². The summed E-state index contributed by atoms with van der Waals surface area (Å²) >= 11 is 0. The lowest BCUT2D eigenvalue weighted by atomic mass is 10.4. The van der Waals surface area contributed by atoms with Gasteiger partial charge in [-0.1, -0.05) is 0 Å². The Balaban J connectivity index is 2.71. The fourth-order valence-corrected chi connectivity index (χ4v) is 0.314. The highest BCUT2D eigenvalue weighted by Crippen LogP contribution is 1.75. The number of nitrogens with zero attached hydrogens (tertiary/aromatic N) is 2. The lowest BCUT2D eigenvalue weighted by molar-refractivity contribution is -0.138. The molecule has 5 heteroatoms. The van der Waals surface area contributed by atoms with Crippen molar-refractivity contribution in [3.63, 3.8) is 0 Å². The van der Waals surface area contributed by atoms with Gasteiger partial charge in [-0.05, 0) is 0 Å². The van der Waals surface area contributed by atoms with Gasteiger partial charge in [-0.25, -0.2) is 4.79 Å². The van der Waals surface area contributed by atoms with E-state index in [0.29, 0.717) is 0 Å². The second-order valence-electron chi connectivity index (χ2n) is 1.26. The molecule has 8 heavy (non-hydrogen) atoms. The van der Waals surface area contributed by atoms with Gasteiger partial charge in [-0.3, -0.25) is 4.79 Å². The molecular formula is C3H3N3O2+. The first-order valence-electron chi connectivity index (χ1n) is 2.00. The van der Waals surface area contributed by atoms with Crippen LogP contribution in [0.2, 0.25) is 0 Å². The number of hydrogen-bond acceptors (Lipinski definition) is 4. The third kappa shape index (κ3) is 0.699. The molecule has 0 atom stereocenters. The highest BCUT2D eigenvalue weighted by molar-refractivity contribution is 6.37. The van der Waals surface area contributed by atoms with E-state index in [4.69, 9.17) is 0 Å². The van der Waals surface area contributed by atoms with Crippen LogP contribution >= 0.6 is 0 Å². The smallest absolute Gasteiger partial charge is 0.281 e. The second-order valence-corrected chi connectivity index (χ2v) is 1.26. The largest absolute Gasteiger partial charge is 0.399 e. The molecule has 5 nitrogen and oxygen atoms in total. The van der Waals surface area contributed by atoms with Crippen molar-refractivity contribution in [1.82, 2.24) is 10.5 Å². The molecule has 0 aliphatic carbocycles. The summed E-state index contributed by atoms with van der Waals surface area (Å²) in [6, 6.07) is 0. The molecule has 1 amide bonds. The molecule has 0 unspecified atom stereocenters. The zero-order chi connectivity index (χ0) is 5.98. The Kier molecular flexibility index (Phi) is 1.03. The Bertz CT molecular complexity index is 144. The van der Waals surface area contributed by atoms with Gasteiger partial charge in [0.15, 0.2) is 0 Å². The predicted octanol–water partition coefficient (Wildman–Crippen LogP) is -1.61. The van der Waals surface area contributed by atoms with Crippen molar-refractivity contribution in [2.75, 3.05) is 6.54 Å². The Morgan fingerprint density at radius 1 is 1.62 bits per heavy atom. The number of carbonyl (C=O) groups is 2. The monoisotopic (exact) mass is 113 g/mol. The molecular weight excluding hydrogens is 110 g/mol. The van der Waals surface area contributed by atoms with Gasteiger partial charge in [0, 0.05) is 5.11 Å². The van der Waals surface area contributed by atoms with E-state index in [1.165, 1.54) is 0 Å². The van der Waals surface area contributed by atoms with E-state index in [0.717, 1.165) is 0 Å². The van der Waals surface area contributed by atoms with Gasteiger partial charge in [0.1, 0.15) is 5.22 Å². The molecule has 1 radical (unpaired) electrons. The van der Waals surface area contributed by atoms with Crippen molar-refractivity contribution in [2.24, 2.45) is 5.22 Å². The van der Waals surface area contributed by atoms with E-state index in [2.05, 4.69) is 10.3 Å². The lowest BCUT2D eigenvalue weighted by Gasteiger charge is -1.87.